The van der Waals surface area contributed by atoms with Crippen LogP contribution in [0.2, 0.25) is 0 Å². The molecule has 0 saturated carbocycles. The number of benzene rings is 1. The molecule has 0 aliphatic carbocycles. The summed E-state index contributed by atoms with van der Waals surface area (Å²) in [4.78, 5) is 28.1. The van der Waals surface area contributed by atoms with Gasteiger partial charge in [-0.25, -0.2) is 19.2 Å². The van der Waals surface area contributed by atoms with Crippen molar-refractivity contribution in [2.24, 2.45) is 5.73 Å². The fraction of sp³-hybridized carbons (Fsp3) is 0.375. The number of aromatic nitrogens is 4. The smallest absolute Gasteiger partial charge is 0.314 e. The molecule has 1 saturated heterocycles. The molecule has 5 rings (SSSR count). The summed E-state index contributed by atoms with van der Waals surface area (Å²) in [7, 11) is 3.62. The number of carbonyl (C=O) groups is 1. The van der Waals surface area contributed by atoms with Crippen LogP contribution in [0.15, 0.2) is 24.3 Å². The number of likely N-dealkylation sites (N-methyl/N-ethyl adjacent to an activating group) is 1. The molecular weight excluding hydrogens is 513 g/mol. The third-order valence-electron chi connectivity index (χ3n) is 6.58. The normalized spacial score (nSPS) is 15.6. The van der Waals surface area contributed by atoms with Crippen LogP contribution in [0, 0.1) is 17.1 Å². The number of thiazole rings is 1. The largest absolute Gasteiger partial charge is 0.351 e. The first kappa shape index (κ1) is 24.9. The maximum Gasteiger partial charge on any atom is 0.314 e. The van der Waals surface area contributed by atoms with Gasteiger partial charge in [0.25, 0.3) is 0 Å². The first-order chi connectivity index (χ1) is 17.8. The van der Waals surface area contributed by atoms with Gasteiger partial charge in [-0.05, 0) is 43.5 Å². The zero-order valence-corrected chi connectivity index (χ0v) is 22.3. The highest BCUT2D eigenvalue weighted by Gasteiger charge is 2.29. The van der Waals surface area contributed by atoms with Gasteiger partial charge >= 0.3 is 6.03 Å². The summed E-state index contributed by atoms with van der Waals surface area (Å²) in [5.41, 5.74) is 7.57. The van der Waals surface area contributed by atoms with E-state index in [1.54, 1.807) is 24.1 Å². The topological polar surface area (TPSA) is 120 Å². The Labute approximate surface area is 221 Å². The number of amides is 2. The second-order valence-electron chi connectivity index (χ2n) is 8.86. The molecule has 0 radical (unpaired) electrons. The van der Waals surface area contributed by atoms with E-state index in [0.717, 1.165) is 41.0 Å². The molecule has 4 aromatic rings. The van der Waals surface area contributed by atoms with Gasteiger partial charge in [0.2, 0.25) is 10.1 Å². The minimum atomic E-state index is -0.433. The van der Waals surface area contributed by atoms with Crippen molar-refractivity contribution < 1.29 is 9.18 Å². The summed E-state index contributed by atoms with van der Waals surface area (Å²) in [6.45, 7) is 3.53. The van der Waals surface area contributed by atoms with Crippen molar-refractivity contribution in [2.45, 2.75) is 32.2 Å². The molecule has 2 amide bonds. The number of nitriles is 1. The van der Waals surface area contributed by atoms with E-state index >= 15 is 0 Å². The predicted octanol–water partition coefficient (Wildman–Crippen LogP) is 4.23. The molecule has 192 valence electrons. The Morgan fingerprint density at radius 3 is 2.70 bits per heavy atom. The third kappa shape index (κ3) is 4.58. The summed E-state index contributed by atoms with van der Waals surface area (Å²) in [6.07, 6.45) is 2.52. The van der Waals surface area contributed by atoms with Crippen molar-refractivity contribution in [3.63, 3.8) is 0 Å². The van der Waals surface area contributed by atoms with Gasteiger partial charge in [0.1, 0.15) is 22.5 Å². The lowest BCUT2D eigenvalue weighted by molar-refractivity contribution is 0.192. The molecule has 13 heteroatoms. The van der Waals surface area contributed by atoms with Crippen molar-refractivity contribution in [2.75, 3.05) is 37.0 Å². The number of rotatable bonds is 6. The lowest BCUT2D eigenvalue weighted by Crippen LogP contribution is -2.50. The van der Waals surface area contributed by atoms with Crippen molar-refractivity contribution in [1.29, 1.82) is 5.26 Å². The van der Waals surface area contributed by atoms with E-state index in [1.165, 1.54) is 34.8 Å². The fourth-order valence-electron chi connectivity index (χ4n) is 4.52. The molecule has 1 atom stereocenters. The molecule has 1 unspecified atom stereocenters. The molecular formula is C24H26FN9OS2. The zero-order chi connectivity index (χ0) is 26.3. The summed E-state index contributed by atoms with van der Waals surface area (Å²) in [6, 6.07) is 7.78. The van der Waals surface area contributed by atoms with E-state index in [2.05, 4.69) is 11.0 Å². The van der Waals surface area contributed by atoms with E-state index in [4.69, 9.17) is 20.8 Å². The Morgan fingerprint density at radius 2 is 2.03 bits per heavy atom. The van der Waals surface area contributed by atoms with Crippen molar-refractivity contribution in [3.8, 4) is 17.3 Å². The molecule has 1 aliphatic rings. The summed E-state index contributed by atoms with van der Waals surface area (Å²) >= 11 is 2.77. The highest BCUT2D eigenvalue weighted by Crippen LogP contribution is 2.38. The van der Waals surface area contributed by atoms with Crippen LogP contribution in [0.4, 0.5) is 25.3 Å². The Kier molecular flexibility index (Phi) is 6.70. The van der Waals surface area contributed by atoms with Crippen LogP contribution in [0.1, 0.15) is 30.3 Å². The maximum absolute atomic E-state index is 13.4. The summed E-state index contributed by atoms with van der Waals surface area (Å²) in [5, 5.41) is 16.1. The number of piperidine rings is 1. The molecule has 37 heavy (non-hydrogen) atoms. The van der Waals surface area contributed by atoms with Crippen LogP contribution < -0.4 is 15.5 Å². The highest BCUT2D eigenvalue weighted by atomic mass is 32.1. The lowest BCUT2D eigenvalue weighted by atomic mass is 10.1. The number of anilines is 3. The average Bonchev–Trinajstić information content (AvgIpc) is 3.61. The van der Waals surface area contributed by atoms with Gasteiger partial charge in [0, 0.05) is 32.7 Å². The number of hydrogen-bond acceptors (Lipinski definition) is 9. The molecule has 10 nitrogen and oxygen atoms in total. The Hall–Kier alpha value is -3.76. The van der Waals surface area contributed by atoms with Crippen LogP contribution in [0.3, 0.4) is 0 Å². The number of halogens is 1. The average molecular weight is 540 g/mol. The minimum absolute atomic E-state index is 0.0282. The minimum Gasteiger partial charge on any atom is -0.351 e. The fourth-order valence-corrected chi connectivity index (χ4v) is 6.32. The standard InChI is InChI=1S/C24H26FN9OS2/c1-4-17-20(32(3)22-29-19(18(12-26)36-22)14-7-9-15(25)10-8-14)34-23(28-17)37-24(30-34)33-11-5-6-16(13-33)31(2)21(27)35/h7-10,16H,4-6,11,13H2,1-3H3,(H2,27,35). The lowest BCUT2D eigenvalue weighted by Gasteiger charge is -2.36. The second kappa shape index (κ2) is 9.95. The molecule has 0 spiro atoms. The van der Waals surface area contributed by atoms with E-state index in [-0.39, 0.29) is 11.9 Å². The molecule has 0 bridgehead atoms. The molecule has 1 fully saturated rings. The second-order valence-corrected chi connectivity index (χ2v) is 10.8. The molecule has 1 aliphatic heterocycles. The van der Waals surface area contributed by atoms with E-state index in [9.17, 15) is 14.4 Å². The van der Waals surface area contributed by atoms with Crippen molar-refractivity contribution in [1.82, 2.24) is 24.5 Å². The SMILES string of the molecule is CCc1nc2sc(N3CCCC(N(C)C(N)=O)C3)nn2c1N(C)c1nc(-c2ccc(F)cc2)c(C#N)s1. The number of nitrogens with zero attached hydrogens (tertiary/aromatic N) is 8. The number of hydrogen-bond donors (Lipinski definition) is 1. The monoisotopic (exact) mass is 539 g/mol. The number of aryl methyl sites for hydroxylation is 1. The third-order valence-corrected chi connectivity index (χ3v) is 8.58. The summed E-state index contributed by atoms with van der Waals surface area (Å²) in [5.74, 6) is 0.441. The van der Waals surface area contributed by atoms with Gasteiger partial charge in [-0.15, -0.1) is 5.10 Å². The van der Waals surface area contributed by atoms with E-state index in [1.807, 2.05) is 23.4 Å². The van der Waals surface area contributed by atoms with Crippen LogP contribution in [-0.4, -0.2) is 63.7 Å². The number of fused-ring (bicyclic) bond motifs is 1. The first-order valence-corrected chi connectivity index (χ1v) is 13.5. The number of carbonyl (C=O) groups excluding carboxylic acids is 1. The predicted molar refractivity (Wildman–Crippen MR) is 143 cm³/mol. The van der Waals surface area contributed by atoms with Crippen LogP contribution in [0.25, 0.3) is 16.2 Å². The maximum atomic E-state index is 13.4. The Bertz CT molecular complexity index is 1490. The Morgan fingerprint density at radius 1 is 1.27 bits per heavy atom. The van der Waals surface area contributed by atoms with Gasteiger partial charge in [0.05, 0.1) is 11.7 Å². The number of imidazole rings is 1. The quantitative estimate of drug-likeness (QED) is 0.389. The van der Waals surface area contributed by atoms with Gasteiger partial charge in [0.15, 0.2) is 10.9 Å². The molecule has 2 N–H and O–H groups in total. The Balaban J connectivity index is 1.49. The van der Waals surface area contributed by atoms with Gasteiger partial charge in [-0.1, -0.05) is 29.6 Å². The highest BCUT2D eigenvalue weighted by molar-refractivity contribution is 7.20. The van der Waals surface area contributed by atoms with Crippen molar-refractivity contribution >= 4 is 49.7 Å². The van der Waals surface area contributed by atoms with Gasteiger partial charge < -0.3 is 20.4 Å². The number of urea groups is 1. The number of nitrogens with two attached hydrogens (primary N) is 1. The molecule has 3 aromatic heterocycles. The first-order valence-electron chi connectivity index (χ1n) is 11.9. The van der Waals surface area contributed by atoms with Crippen molar-refractivity contribution in [3.05, 3.63) is 40.7 Å². The van der Waals surface area contributed by atoms with E-state index in [0.29, 0.717) is 34.2 Å². The van der Waals surface area contributed by atoms with Crippen LogP contribution >= 0.6 is 22.7 Å². The van der Waals surface area contributed by atoms with Gasteiger partial charge in [-0.2, -0.15) is 9.78 Å². The summed E-state index contributed by atoms with van der Waals surface area (Å²) < 4.78 is 15.3. The molecule has 1 aromatic carbocycles. The van der Waals surface area contributed by atoms with E-state index < -0.39 is 6.03 Å². The number of primary amides is 1. The zero-order valence-electron chi connectivity index (χ0n) is 20.7. The van der Waals surface area contributed by atoms with Crippen LogP contribution in [0.5, 0.6) is 0 Å². The molecule has 4 heterocycles. The van der Waals surface area contributed by atoms with Crippen LogP contribution in [-0.2, 0) is 6.42 Å². The van der Waals surface area contributed by atoms with Gasteiger partial charge in [-0.3, -0.25) is 0 Å².